The van der Waals surface area contributed by atoms with Gasteiger partial charge in [0.1, 0.15) is 5.92 Å². The lowest BCUT2D eigenvalue weighted by atomic mass is 9.85. The Morgan fingerprint density at radius 3 is 2.24 bits per heavy atom. The van der Waals surface area contributed by atoms with Crippen molar-refractivity contribution < 1.29 is 21.6 Å². The molecule has 0 fully saturated rings. The van der Waals surface area contributed by atoms with E-state index in [0.717, 1.165) is 12.5 Å². The maximum atomic E-state index is 11.4. The number of nitrogens with one attached hydrogen (secondary N) is 3. The minimum absolute atomic E-state index is 0.158. The third-order valence-corrected chi connectivity index (χ3v) is 6.23. The Hall–Kier alpha value is -4.77. The van der Waals surface area contributed by atoms with Crippen molar-refractivity contribution in [3.63, 3.8) is 0 Å². The van der Waals surface area contributed by atoms with Gasteiger partial charge in [-0.25, -0.2) is 23.4 Å². The van der Waals surface area contributed by atoms with Crippen molar-refractivity contribution in [3.05, 3.63) is 95.2 Å². The number of ether oxygens (including phenoxy) is 1. The highest BCUT2D eigenvalue weighted by Gasteiger charge is 2.31. The maximum absolute atomic E-state index is 11.4. The third kappa shape index (κ3) is 7.61. The van der Waals surface area contributed by atoms with Gasteiger partial charge < -0.3 is 10.1 Å². The molecule has 11 nitrogen and oxygen atoms in total. The first-order valence-corrected chi connectivity index (χ1v) is 14.6. The van der Waals surface area contributed by atoms with Gasteiger partial charge in [0.15, 0.2) is 17.7 Å². The first-order valence-electron chi connectivity index (χ1n) is 10.8. The Balaban J connectivity index is 1.80. The molecular formula is C25H22N6O5S2. The second-order valence-corrected chi connectivity index (χ2v) is 11.6. The molecule has 3 rings (SSSR count). The molecule has 1 heterocycles. The zero-order valence-electron chi connectivity index (χ0n) is 20.2. The summed E-state index contributed by atoms with van der Waals surface area (Å²) in [7, 11) is -6.90. The minimum atomic E-state index is -3.48. The molecule has 0 saturated carbocycles. The fourth-order valence-electron chi connectivity index (χ4n) is 3.54. The van der Waals surface area contributed by atoms with E-state index in [1.165, 1.54) is 18.2 Å². The SMILES string of the molecule is [C-]#[N+]C(C#N)C(C(C#N)=C/C=C/C=C1/Nc2cc(NS(C)(=O)=O)ccc2O1)c1ccc(NS(C)(=O)=O)cc1. The fraction of sp³-hybridized carbons (Fsp3) is 0.160. The van der Waals surface area contributed by atoms with Crippen LogP contribution in [0.15, 0.2) is 78.2 Å². The zero-order chi connectivity index (χ0) is 27.9. The number of nitriles is 2. The Labute approximate surface area is 221 Å². The van der Waals surface area contributed by atoms with E-state index < -0.39 is 32.0 Å². The Bertz CT molecular complexity index is 1640. The first kappa shape index (κ1) is 27.8. The van der Waals surface area contributed by atoms with Crippen LogP contribution in [-0.4, -0.2) is 35.4 Å². The quantitative estimate of drug-likeness (QED) is 0.242. The summed E-state index contributed by atoms with van der Waals surface area (Å²) in [6.45, 7) is 7.41. The zero-order valence-corrected chi connectivity index (χ0v) is 21.8. The lowest BCUT2D eigenvalue weighted by Crippen LogP contribution is -2.16. The van der Waals surface area contributed by atoms with E-state index in [1.807, 2.05) is 6.07 Å². The van der Waals surface area contributed by atoms with Crippen LogP contribution in [0.25, 0.3) is 4.85 Å². The fourth-order valence-corrected chi connectivity index (χ4v) is 4.66. The summed E-state index contributed by atoms with van der Waals surface area (Å²) in [6.07, 6.45) is 8.29. The molecule has 0 aliphatic carbocycles. The molecule has 13 heteroatoms. The molecule has 0 aromatic heterocycles. The second kappa shape index (κ2) is 11.5. The number of sulfonamides is 2. The third-order valence-electron chi connectivity index (χ3n) is 5.02. The van der Waals surface area contributed by atoms with Crippen molar-refractivity contribution in [1.82, 2.24) is 0 Å². The highest BCUT2D eigenvalue weighted by Crippen LogP contribution is 2.36. The largest absolute Gasteiger partial charge is 0.439 e. The molecular weight excluding hydrogens is 528 g/mol. The number of benzene rings is 2. The maximum Gasteiger partial charge on any atom is 0.318 e. The lowest BCUT2D eigenvalue weighted by Gasteiger charge is -2.15. The molecule has 0 radical (unpaired) electrons. The van der Waals surface area contributed by atoms with Gasteiger partial charge in [-0.1, -0.05) is 24.3 Å². The molecule has 2 atom stereocenters. The average Bonchev–Trinajstić information content (AvgIpc) is 3.24. The van der Waals surface area contributed by atoms with Gasteiger partial charge in [0.2, 0.25) is 20.0 Å². The number of hydrogen-bond donors (Lipinski definition) is 3. The molecule has 3 N–H and O–H groups in total. The van der Waals surface area contributed by atoms with Crippen molar-refractivity contribution in [1.29, 1.82) is 10.5 Å². The molecule has 2 aromatic rings. The molecule has 0 spiro atoms. The van der Waals surface area contributed by atoms with E-state index >= 15 is 0 Å². The smallest absolute Gasteiger partial charge is 0.318 e. The Morgan fingerprint density at radius 1 is 1.03 bits per heavy atom. The topological polar surface area (TPSA) is 166 Å². The Kier molecular flexibility index (Phi) is 8.43. The van der Waals surface area contributed by atoms with Crippen molar-refractivity contribution in [2.24, 2.45) is 0 Å². The van der Waals surface area contributed by atoms with Gasteiger partial charge in [-0.15, -0.1) is 0 Å². The second-order valence-electron chi connectivity index (χ2n) is 8.14. The highest BCUT2D eigenvalue weighted by atomic mass is 32.2. The normalized spacial score (nSPS) is 15.8. The molecule has 0 saturated heterocycles. The molecule has 1 aliphatic heterocycles. The van der Waals surface area contributed by atoms with Crippen LogP contribution < -0.4 is 19.5 Å². The molecule has 38 heavy (non-hydrogen) atoms. The van der Waals surface area contributed by atoms with E-state index in [2.05, 4.69) is 25.7 Å². The molecule has 0 bridgehead atoms. The summed E-state index contributed by atoms with van der Waals surface area (Å²) in [5.41, 5.74) is 1.91. The van der Waals surface area contributed by atoms with Crippen LogP contribution >= 0.6 is 0 Å². The first-order chi connectivity index (χ1) is 17.9. The number of fused-ring (bicyclic) bond motifs is 1. The van der Waals surface area contributed by atoms with E-state index in [4.69, 9.17) is 11.3 Å². The van der Waals surface area contributed by atoms with Gasteiger partial charge in [0.25, 0.3) is 0 Å². The van der Waals surface area contributed by atoms with Crippen molar-refractivity contribution >= 4 is 37.1 Å². The van der Waals surface area contributed by atoms with Crippen LogP contribution in [0.2, 0.25) is 0 Å². The predicted octanol–water partition coefficient (Wildman–Crippen LogP) is 3.68. The molecule has 194 valence electrons. The van der Waals surface area contributed by atoms with Crippen molar-refractivity contribution in [3.8, 4) is 17.9 Å². The van der Waals surface area contributed by atoms with Crippen LogP contribution in [0, 0.1) is 29.2 Å². The monoisotopic (exact) mass is 550 g/mol. The summed E-state index contributed by atoms with van der Waals surface area (Å²) < 4.78 is 56.1. The van der Waals surface area contributed by atoms with Crippen molar-refractivity contribution in [2.75, 3.05) is 27.3 Å². The molecule has 0 amide bonds. The van der Waals surface area contributed by atoms with Gasteiger partial charge >= 0.3 is 6.04 Å². The van der Waals surface area contributed by atoms with Crippen LogP contribution in [0.3, 0.4) is 0 Å². The van der Waals surface area contributed by atoms with Gasteiger partial charge in [-0.05, 0) is 48.0 Å². The van der Waals surface area contributed by atoms with E-state index in [1.54, 1.807) is 48.6 Å². The highest BCUT2D eigenvalue weighted by molar-refractivity contribution is 7.92. The Morgan fingerprint density at radius 2 is 1.66 bits per heavy atom. The van der Waals surface area contributed by atoms with Gasteiger partial charge in [0, 0.05) is 11.3 Å². The number of anilines is 3. The average molecular weight is 551 g/mol. The summed E-state index contributed by atoms with van der Waals surface area (Å²) in [5.74, 6) is -0.000972. The van der Waals surface area contributed by atoms with Crippen LogP contribution in [0.1, 0.15) is 11.5 Å². The number of hydrogen-bond acceptors (Lipinski definition) is 8. The molecule has 2 aromatic carbocycles. The lowest BCUT2D eigenvalue weighted by molar-refractivity contribution is 0.457. The number of allylic oxidation sites excluding steroid dienone is 4. The van der Waals surface area contributed by atoms with E-state index in [9.17, 15) is 27.4 Å². The van der Waals surface area contributed by atoms with E-state index in [-0.39, 0.29) is 5.57 Å². The summed E-state index contributed by atoms with van der Waals surface area (Å²) >= 11 is 0. The predicted molar refractivity (Wildman–Crippen MR) is 144 cm³/mol. The van der Waals surface area contributed by atoms with Crippen molar-refractivity contribution in [2.45, 2.75) is 12.0 Å². The standard InChI is InChI=1S/C25H22N6O5S2/c1-28-22(16-27)25(17-8-10-19(11-9-17)30-37(2,32)33)18(15-26)6-4-5-7-24-29-21-14-20(31-38(3,34)35)12-13-23(21)36-24/h4-14,22,25,29-31H,2-3H3/b5-4+,18-6?,24-7-. The summed E-state index contributed by atoms with van der Waals surface area (Å²) in [5, 5.41) is 22.3. The minimum Gasteiger partial charge on any atom is -0.439 e. The number of rotatable bonds is 9. The molecule has 2 unspecified atom stereocenters. The van der Waals surface area contributed by atoms with Crippen LogP contribution in [0.4, 0.5) is 17.1 Å². The van der Waals surface area contributed by atoms with Gasteiger partial charge in [0.05, 0.1) is 30.0 Å². The van der Waals surface area contributed by atoms with Gasteiger partial charge in [-0.2, -0.15) is 10.5 Å². The summed E-state index contributed by atoms with van der Waals surface area (Å²) in [4.78, 5) is 3.35. The van der Waals surface area contributed by atoms with Gasteiger partial charge in [-0.3, -0.25) is 14.3 Å². The van der Waals surface area contributed by atoms with E-state index in [0.29, 0.717) is 34.3 Å². The van der Waals surface area contributed by atoms with Crippen LogP contribution in [-0.2, 0) is 20.0 Å². The number of nitrogens with zero attached hydrogens (tertiary/aromatic N) is 3. The van der Waals surface area contributed by atoms with Crippen LogP contribution in [0.5, 0.6) is 5.75 Å². The summed E-state index contributed by atoms with van der Waals surface area (Å²) in [6, 6.07) is 13.7. The molecule has 1 aliphatic rings.